The summed E-state index contributed by atoms with van der Waals surface area (Å²) in [6.07, 6.45) is 4.22. The van der Waals surface area contributed by atoms with Gasteiger partial charge in [-0.25, -0.2) is 4.21 Å². The molecule has 2 aromatic rings. The van der Waals surface area contributed by atoms with Gasteiger partial charge in [-0.3, -0.25) is 0 Å². The van der Waals surface area contributed by atoms with E-state index in [0.717, 1.165) is 28.3 Å². The predicted octanol–water partition coefficient (Wildman–Crippen LogP) is 4.32. The van der Waals surface area contributed by atoms with Crippen LogP contribution in [0.2, 0.25) is 0 Å². The first kappa shape index (κ1) is 15.0. The number of anilines is 1. The minimum Gasteiger partial charge on any atom is -0.377 e. The van der Waals surface area contributed by atoms with Crippen LogP contribution in [0.3, 0.4) is 0 Å². The van der Waals surface area contributed by atoms with Gasteiger partial charge in [0.05, 0.1) is 21.4 Å². The molecule has 0 amide bonds. The predicted molar refractivity (Wildman–Crippen MR) is 93.7 cm³/mol. The summed E-state index contributed by atoms with van der Waals surface area (Å²) < 4.78 is 13.2. The van der Waals surface area contributed by atoms with Gasteiger partial charge in [0, 0.05) is 24.9 Å². The van der Waals surface area contributed by atoms with Crippen LogP contribution in [0.1, 0.15) is 24.3 Å². The van der Waals surface area contributed by atoms with E-state index in [1.54, 1.807) is 0 Å². The Morgan fingerprint density at radius 3 is 2.41 bits per heavy atom. The SMILES string of the molecule is CN(C)c1ccccc1S(=O)C1=CCC[C@@H]1c1ccccc1. The normalized spacial score (nSPS) is 18.8. The molecule has 0 aliphatic heterocycles. The van der Waals surface area contributed by atoms with Gasteiger partial charge in [0.15, 0.2) is 0 Å². The average Bonchev–Trinajstić information content (AvgIpc) is 3.04. The Bertz CT molecular complexity index is 706. The molecule has 0 saturated carbocycles. The van der Waals surface area contributed by atoms with Crippen LogP contribution in [0.15, 0.2) is 70.5 Å². The maximum absolute atomic E-state index is 13.2. The summed E-state index contributed by atoms with van der Waals surface area (Å²) in [6.45, 7) is 0. The van der Waals surface area contributed by atoms with Crippen LogP contribution in [0, 0.1) is 0 Å². The van der Waals surface area contributed by atoms with Crippen LogP contribution in [0.4, 0.5) is 5.69 Å². The maximum Gasteiger partial charge on any atom is 0.0832 e. The van der Waals surface area contributed by atoms with Gasteiger partial charge < -0.3 is 4.90 Å². The lowest BCUT2D eigenvalue weighted by Gasteiger charge is -2.20. The zero-order valence-electron chi connectivity index (χ0n) is 13.0. The van der Waals surface area contributed by atoms with E-state index in [1.165, 1.54) is 5.56 Å². The summed E-state index contributed by atoms with van der Waals surface area (Å²) in [6, 6.07) is 18.4. The molecule has 3 rings (SSSR count). The molecular weight excluding hydrogens is 290 g/mol. The van der Waals surface area contributed by atoms with E-state index in [9.17, 15) is 4.21 Å². The third-order valence-corrected chi connectivity index (χ3v) is 5.73. The van der Waals surface area contributed by atoms with E-state index in [2.05, 4.69) is 30.3 Å². The third kappa shape index (κ3) is 2.86. The molecule has 0 fully saturated rings. The van der Waals surface area contributed by atoms with E-state index in [4.69, 9.17) is 0 Å². The van der Waals surface area contributed by atoms with Gasteiger partial charge in [-0.15, -0.1) is 0 Å². The van der Waals surface area contributed by atoms with Crippen LogP contribution < -0.4 is 4.90 Å². The molecular formula is C19H21NOS. The molecule has 1 aliphatic carbocycles. The van der Waals surface area contributed by atoms with Gasteiger partial charge in [0.2, 0.25) is 0 Å². The van der Waals surface area contributed by atoms with Gasteiger partial charge >= 0.3 is 0 Å². The fourth-order valence-electron chi connectivity index (χ4n) is 3.01. The van der Waals surface area contributed by atoms with E-state index in [0.29, 0.717) is 0 Å². The van der Waals surface area contributed by atoms with Crippen molar-refractivity contribution in [3.8, 4) is 0 Å². The zero-order valence-corrected chi connectivity index (χ0v) is 13.8. The molecule has 0 heterocycles. The van der Waals surface area contributed by atoms with Gasteiger partial charge in [0.1, 0.15) is 0 Å². The molecule has 0 radical (unpaired) electrons. The molecule has 0 bridgehead atoms. The highest BCUT2D eigenvalue weighted by molar-refractivity contribution is 7.89. The Morgan fingerprint density at radius 1 is 1.00 bits per heavy atom. The van der Waals surface area contributed by atoms with Crippen molar-refractivity contribution in [3.63, 3.8) is 0 Å². The Kier molecular flexibility index (Phi) is 4.44. The zero-order chi connectivity index (χ0) is 15.5. The van der Waals surface area contributed by atoms with Crippen molar-refractivity contribution < 1.29 is 4.21 Å². The molecule has 0 saturated heterocycles. The average molecular weight is 311 g/mol. The fourth-order valence-corrected chi connectivity index (χ4v) is 4.69. The molecule has 1 aliphatic rings. The third-order valence-electron chi connectivity index (χ3n) is 4.11. The number of allylic oxidation sites excluding steroid dienone is 2. The Morgan fingerprint density at radius 2 is 1.68 bits per heavy atom. The molecule has 2 aromatic carbocycles. The van der Waals surface area contributed by atoms with Crippen molar-refractivity contribution in [1.29, 1.82) is 0 Å². The summed E-state index contributed by atoms with van der Waals surface area (Å²) in [7, 11) is 2.89. The van der Waals surface area contributed by atoms with Crippen LogP contribution in [0.25, 0.3) is 0 Å². The van der Waals surface area contributed by atoms with Gasteiger partial charge in [-0.05, 0) is 30.5 Å². The first-order valence-electron chi connectivity index (χ1n) is 7.61. The van der Waals surface area contributed by atoms with Crippen LogP contribution >= 0.6 is 0 Å². The first-order chi connectivity index (χ1) is 10.7. The lowest BCUT2D eigenvalue weighted by Crippen LogP contribution is -2.13. The second kappa shape index (κ2) is 6.49. The lowest BCUT2D eigenvalue weighted by atomic mass is 9.99. The number of benzene rings is 2. The summed E-state index contributed by atoms with van der Waals surface area (Å²) >= 11 is 0. The quantitative estimate of drug-likeness (QED) is 0.838. The van der Waals surface area contributed by atoms with Crippen molar-refractivity contribution in [2.24, 2.45) is 0 Å². The summed E-state index contributed by atoms with van der Waals surface area (Å²) in [5.41, 5.74) is 2.29. The Hall–Kier alpha value is -1.87. The lowest BCUT2D eigenvalue weighted by molar-refractivity contribution is 0.682. The van der Waals surface area contributed by atoms with E-state index >= 15 is 0 Å². The van der Waals surface area contributed by atoms with Crippen molar-refractivity contribution >= 4 is 16.5 Å². The number of para-hydroxylation sites is 1. The van der Waals surface area contributed by atoms with Crippen molar-refractivity contribution in [2.45, 2.75) is 23.7 Å². The van der Waals surface area contributed by atoms with Crippen molar-refractivity contribution in [2.75, 3.05) is 19.0 Å². The van der Waals surface area contributed by atoms with Gasteiger partial charge in [-0.1, -0.05) is 48.5 Å². The monoisotopic (exact) mass is 311 g/mol. The first-order valence-corrected chi connectivity index (χ1v) is 8.76. The fraction of sp³-hybridized carbons (Fsp3) is 0.263. The summed E-state index contributed by atoms with van der Waals surface area (Å²) in [5.74, 6) is 0.275. The van der Waals surface area contributed by atoms with E-state index < -0.39 is 10.8 Å². The van der Waals surface area contributed by atoms with Crippen LogP contribution in [-0.2, 0) is 10.8 Å². The van der Waals surface area contributed by atoms with Crippen molar-refractivity contribution in [1.82, 2.24) is 0 Å². The Labute approximate surface area is 134 Å². The molecule has 0 aromatic heterocycles. The number of nitrogens with zero attached hydrogens (tertiary/aromatic N) is 1. The molecule has 2 atom stereocenters. The van der Waals surface area contributed by atoms with E-state index in [1.807, 2.05) is 49.3 Å². The summed E-state index contributed by atoms with van der Waals surface area (Å²) in [4.78, 5) is 3.99. The van der Waals surface area contributed by atoms with Gasteiger partial charge in [0.25, 0.3) is 0 Å². The van der Waals surface area contributed by atoms with Crippen LogP contribution in [0.5, 0.6) is 0 Å². The van der Waals surface area contributed by atoms with Crippen molar-refractivity contribution in [3.05, 3.63) is 71.1 Å². The number of rotatable bonds is 4. The minimum absolute atomic E-state index is 0.275. The highest BCUT2D eigenvalue weighted by Crippen LogP contribution is 2.40. The smallest absolute Gasteiger partial charge is 0.0832 e. The molecule has 3 heteroatoms. The Balaban J connectivity index is 1.96. The second-order valence-corrected chi connectivity index (χ2v) is 7.23. The molecule has 0 spiro atoms. The number of hydrogen-bond donors (Lipinski definition) is 0. The highest BCUT2D eigenvalue weighted by atomic mass is 32.2. The molecule has 114 valence electrons. The molecule has 22 heavy (non-hydrogen) atoms. The van der Waals surface area contributed by atoms with E-state index in [-0.39, 0.29) is 5.92 Å². The van der Waals surface area contributed by atoms with Gasteiger partial charge in [-0.2, -0.15) is 0 Å². The maximum atomic E-state index is 13.2. The molecule has 2 nitrogen and oxygen atoms in total. The topological polar surface area (TPSA) is 20.3 Å². The number of hydrogen-bond acceptors (Lipinski definition) is 2. The highest BCUT2D eigenvalue weighted by Gasteiger charge is 2.27. The molecule has 0 N–H and O–H groups in total. The van der Waals surface area contributed by atoms with Crippen LogP contribution in [-0.4, -0.2) is 18.3 Å². The second-order valence-electron chi connectivity index (χ2n) is 5.78. The summed E-state index contributed by atoms with van der Waals surface area (Å²) in [5, 5.41) is 0. The standard InChI is InChI=1S/C19H21NOS/c1-20(2)17-12-6-7-13-19(17)22(21)18-14-8-11-16(18)15-9-4-3-5-10-15/h3-7,9-10,12-14,16H,8,11H2,1-2H3/t16-,22?/m1/s1. The minimum atomic E-state index is -1.10. The largest absolute Gasteiger partial charge is 0.377 e. The molecule has 1 unspecified atom stereocenters.